The summed E-state index contributed by atoms with van der Waals surface area (Å²) in [5.41, 5.74) is 0. The minimum atomic E-state index is 0.926. The van der Waals surface area contributed by atoms with Gasteiger partial charge < -0.3 is 5.32 Å². The maximum Gasteiger partial charge on any atom is 0.0737 e. The van der Waals surface area contributed by atoms with Crippen molar-refractivity contribution in [2.24, 2.45) is 0 Å². The number of hydrogen-bond donors (Lipinski definition) is 1. The third-order valence-corrected chi connectivity index (χ3v) is 1.86. The Hall–Kier alpha value is -0.0200. The van der Waals surface area contributed by atoms with Gasteiger partial charge in [-0.15, -0.1) is 0 Å². The maximum atomic E-state index is 4.84. The summed E-state index contributed by atoms with van der Waals surface area (Å²) in [7, 11) is 0. The molecule has 0 bridgehead atoms. The van der Waals surface area contributed by atoms with Crippen LogP contribution >= 0.6 is 24.0 Å². The normalized spacial score (nSPS) is 19.1. The van der Waals surface area contributed by atoms with Gasteiger partial charge in [0.25, 0.3) is 0 Å². The van der Waals surface area contributed by atoms with E-state index >= 15 is 0 Å². The molecule has 0 aromatic heterocycles. The number of thiocarbonyl (C=S) groups is 1. The van der Waals surface area contributed by atoms with Crippen molar-refractivity contribution in [2.45, 2.75) is 0 Å². The highest BCUT2D eigenvalue weighted by Gasteiger charge is 1.93. The predicted octanol–water partition coefficient (Wildman–Crippen LogP) is 1.12. The monoisotopic (exact) mass is 131 g/mol. The molecule has 0 aromatic carbocycles. The summed E-state index contributed by atoms with van der Waals surface area (Å²) in [4.78, 5) is 0. The fourth-order valence-electron chi connectivity index (χ4n) is 0.336. The fourth-order valence-corrected chi connectivity index (χ4v) is 1.07. The van der Waals surface area contributed by atoms with E-state index in [2.05, 4.69) is 5.32 Å². The van der Waals surface area contributed by atoms with Gasteiger partial charge in [-0.3, -0.25) is 0 Å². The highest BCUT2D eigenvalue weighted by molar-refractivity contribution is 8.23. The molecule has 0 saturated carbocycles. The zero-order valence-electron chi connectivity index (χ0n) is 3.68. The molecule has 1 rings (SSSR count). The van der Waals surface area contributed by atoms with Crippen LogP contribution in [0, 0.1) is 0 Å². The topological polar surface area (TPSA) is 12.0 Å². The molecule has 0 spiro atoms. The van der Waals surface area contributed by atoms with Gasteiger partial charge in [0.05, 0.1) is 10.1 Å². The van der Waals surface area contributed by atoms with Gasteiger partial charge in [-0.1, -0.05) is 24.0 Å². The van der Waals surface area contributed by atoms with Gasteiger partial charge in [-0.05, 0) is 12.3 Å². The second-order valence-corrected chi connectivity index (χ2v) is 2.86. The van der Waals surface area contributed by atoms with E-state index in [4.69, 9.17) is 12.2 Å². The van der Waals surface area contributed by atoms with E-state index in [1.165, 1.54) is 0 Å². The van der Waals surface area contributed by atoms with Gasteiger partial charge in [0.2, 0.25) is 0 Å². The summed E-state index contributed by atoms with van der Waals surface area (Å²) in [6.07, 6.45) is 3.77. The largest absolute Gasteiger partial charge is 0.381 e. The van der Waals surface area contributed by atoms with Crippen LogP contribution in [0.5, 0.6) is 0 Å². The first-order valence-electron chi connectivity index (χ1n) is 1.96. The molecule has 1 aliphatic heterocycles. The Morgan fingerprint density at radius 3 is 3.00 bits per heavy atom. The van der Waals surface area contributed by atoms with Crippen molar-refractivity contribution >= 4 is 28.2 Å². The Balaban J connectivity index is 2.51. The van der Waals surface area contributed by atoms with Gasteiger partial charge >= 0.3 is 0 Å². The number of thioether (sulfide) groups is 1. The SMILES string of the molecule is S=C1C=CNCS1. The lowest BCUT2D eigenvalue weighted by molar-refractivity contribution is 1.06. The summed E-state index contributed by atoms with van der Waals surface area (Å²) in [5.74, 6) is 0.926. The highest BCUT2D eigenvalue weighted by Crippen LogP contribution is 2.05. The first kappa shape index (κ1) is 5.12. The zero-order chi connectivity index (χ0) is 5.11. The second-order valence-electron chi connectivity index (χ2n) is 1.15. The molecule has 3 heteroatoms. The van der Waals surface area contributed by atoms with Crippen molar-refractivity contribution in [3.8, 4) is 0 Å². The molecule has 1 N–H and O–H groups in total. The maximum absolute atomic E-state index is 4.84. The lowest BCUT2D eigenvalue weighted by Gasteiger charge is -2.03. The van der Waals surface area contributed by atoms with Crippen LogP contribution in [0.3, 0.4) is 0 Å². The quantitative estimate of drug-likeness (QED) is 0.495. The lowest BCUT2D eigenvalue weighted by atomic mass is 10.7. The zero-order valence-corrected chi connectivity index (χ0v) is 5.31. The van der Waals surface area contributed by atoms with Crippen LogP contribution in [0.15, 0.2) is 12.3 Å². The summed E-state index contributed by atoms with van der Waals surface area (Å²) in [6.45, 7) is 0. The Kier molecular flexibility index (Phi) is 1.70. The standard InChI is InChI=1S/C4H5NS2/c6-4-1-2-5-3-7-4/h1-2,5H,3H2. The van der Waals surface area contributed by atoms with Crippen LogP contribution in [0.25, 0.3) is 0 Å². The molecule has 38 valence electrons. The highest BCUT2D eigenvalue weighted by atomic mass is 32.2. The number of nitrogens with one attached hydrogen (secondary N) is 1. The third kappa shape index (κ3) is 1.49. The molecule has 0 radical (unpaired) electrons. The van der Waals surface area contributed by atoms with E-state index in [1.807, 2.05) is 12.3 Å². The molecule has 1 aliphatic rings. The van der Waals surface area contributed by atoms with E-state index in [9.17, 15) is 0 Å². The van der Waals surface area contributed by atoms with Gasteiger partial charge in [-0.25, -0.2) is 0 Å². The van der Waals surface area contributed by atoms with E-state index in [-0.39, 0.29) is 0 Å². The Morgan fingerprint density at radius 2 is 2.71 bits per heavy atom. The van der Waals surface area contributed by atoms with Crippen molar-refractivity contribution in [3.05, 3.63) is 12.3 Å². The van der Waals surface area contributed by atoms with Crippen molar-refractivity contribution in [1.29, 1.82) is 0 Å². The molecule has 0 unspecified atom stereocenters. The van der Waals surface area contributed by atoms with Crippen molar-refractivity contribution < 1.29 is 0 Å². The van der Waals surface area contributed by atoms with Gasteiger partial charge in [0.15, 0.2) is 0 Å². The molecule has 7 heavy (non-hydrogen) atoms. The molecular formula is C4H5NS2. The lowest BCUT2D eigenvalue weighted by Crippen LogP contribution is -2.09. The summed E-state index contributed by atoms with van der Waals surface area (Å²) in [6, 6.07) is 0. The van der Waals surface area contributed by atoms with E-state index in [0.717, 1.165) is 10.1 Å². The summed E-state index contributed by atoms with van der Waals surface area (Å²) < 4.78 is 0.971. The molecule has 1 nitrogen and oxygen atoms in total. The first-order valence-corrected chi connectivity index (χ1v) is 3.36. The van der Waals surface area contributed by atoms with E-state index in [1.54, 1.807) is 11.8 Å². The molecule has 0 saturated heterocycles. The minimum Gasteiger partial charge on any atom is -0.381 e. The minimum absolute atomic E-state index is 0.926. The number of rotatable bonds is 0. The van der Waals surface area contributed by atoms with Crippen LogP contribution in [0.2, 0.25) is 0 Å². The Bertz CT molecular complexity index is 108. The van der Waals surface area contributed by atoms with E-state index in [0.29, 0.717) is 0 Å². The molecule has 0 atom stereocenters. The smallest absolute Gasteiger partial charge is 0.0737 e. The first-order chi connectivity index (χ1) is 3.39. The van der Waals surface area contributed by atoms with Crippen LogP contribution in [-0.4, -0.2) is 10.1 Å². The summed E-state index contributed by atoms with van der Waals surface area (Å²) in [5, 5.41) is 3.01. The Morgan fingerprint density at radius 1 is 1.86 bits per heavy atom. The van der Waals surface area contributed by atoms with Gasteiger partial charge in [0, 0.05) is 0 Å². The van der Waals surface area contributed by atoms with Gasteiger partial charge in [-0.2, -0.15) is 0 Å². The average Bonchev–Trinajstić information content (AvgIpc) is 1.69. The van der Waals surface area contributed by atoms with Crippen LogP contribution in [-0.2, 0) is 0 Å². The molecular weight excluding hydrogens is 126 g/mol. The second kappa shape index (κ2) is 2.33. The van der Waals surface area contributed by atoms with Crippen LogP contribution in [0.1, 0.15) is 0 Å². The van der Waals surface area contributed by atoms with Crippen molar-refractivity contribution in [2.75, 3.05) is 5.88 Å². The fraction of sp³-hybridized carbons (Fsp3) is 0.250. The Labute approximate surface area is 52.2 Å². The molecule has 0 fully saturated rings. The van der Waals surface area contributed by atoms with E-state index < -0.39 is 0 Å². The number of hydrogen-bond acceptors (Lipinski definition) is 3. The molecule has 0 amide bonds. The average molecular weight is 131 g/mol. The van der Waals surface area contributed by atoms with Gasteiger partial charge in [0.1, 0.15) is 0 Å². The van der Waals surface area contributed by atoms with Crippen LogP contribution in [0.4, 0.5) is 0 Å². The molecule has 0 aromatic rings. The van der Waals surface area contributed by atoms with Crippen LogP contribution < -0.4 is 5.32 Å². The predicted molar refractivity (Wildman–Crippen MR) is 37.3 cm³/mol. The van der Waals surface area contributed by atoms with Crippen molar-refractivity contribution in [3.63, 3.8) is 0 Å². The van der Waals surface area contributed by atoms with Crippen molar-refractivity contribution in [1.82, 2.24) is 5.32 Å². The molecule has 1 heterocycles. The summed E-state index contributed by atoms with van der Waals surface area (Å²) >= 11 is 6.49. The molecule has 0 aliphatic carbocycles. The third-order valence-electron chi connectivity index (χ3n) is 0.635.